The summed E-state index contributed by atoms with van der Waals surface area (Å²) >= 11 is 3.41. The molecule has 0 fully saturated rings. The lowest BCUT2D eigenvalue weighted by Crippen LogP contribution is -2.17. The molecule has 0 saturated heterocycles. The number of ether oxygens (including phenoxy) is 1. The van der Waals surface area contributed by atoms with Crippen LogP contribution in [0.15, 0.2) is 46.9 Å². The molecule has 0 bridgehead atoms. The fraction of sp³-hybridized carbons (Fsp3) is 0.188. The maximum atomic E-state index is 9.26. The van der Waals surface area contributed by atoms with Crippen LogP contribution in [-0.2, 0) is 6.54 Å². The third-order valence-corrected chi connectivity index (χ3v) is 3.75. The van der Waals surface area contributed by atoms with Gasteiger partial charge in [0.1, 0.15) is 11.8 Å². The highest BCUT2D eigenvalue weighted by Gasteiger charge is 2.10. The second-order valence-electron chi connectivity index (χ2n) is 4.45. The highest BCUT2D eigenvalue weighted by molar-refractivity contribution is 9.10. The molecule has 0 amide bonds. The van der Waals surface area contributed by atoms with E-state index in [4.69, 9.17) is 4.74 Å². The molecule has 0 unspecified atom stereocenters. The molecule has 3 nitrogen and oxygen atoms in total. The zero-order chi connectivity index (χ0) is 14.5. The van der Waals surface area contributed by atoms with E-state index in [2.05, 4.69) is 26.9 Å². The molecule has 20 heavy (non-hydrogen) atoms. The Kier molecular flexibility index (Phi) is 4.65. The molecule has 0 aliphatic rings. The van der Waals surface area contributed by atoms with Crippen LogP contribution in [0.1, 0.15) is 11.1 Å². The summed E-state index contributed by atoms with van der Waals surface area (Å²) in [5, 5.41) is 9.26. The van der Waals surface area contributed by atoms with E-state index in [0.29, 0.717) is 5.56 Å². The number of methoxy groups -OCH3 is 1. The van der Waals surface area contributed by atoms with Crippen LogP contribution in [-0.4, -0.2) is 14.2 Å². The Morgan fingerprint density at radius 2 is 1.90 bits per heavy atom. The summed E-state index contributed by atoms with van der Waals surface area (Å²) in [7, 11) is 3.63. The minimum absolute atomic E-state index is 0.656. The van der Waals surface area contributed by atoms with Gasteiger partial charge in [0.25, 0.3) is 0 Å². The summed E-state index contributed by atoms with van der Waals surface area (Å²) in [6.45, 7) is 0.731. The van der Waals surface area contributed by atoms with Crippen LogP contribution in [0.5, 0.6) is 5.75 Å². The van der Waals surface area contributed by atoms with Gasteiger partial charge < -0.3 is 9.64 Å². The SMILES string of the molecule is COc1ccc(CN(C)c2cccc(Br)c2C#N)cc1. The molecule has 2 aromatic rings. The van der Waals surface area contributed by atoms with E-state index >= 15 is 0 Å². The van der Waals surface area contributed by atoms with Gasteiger partial charge in [-0.25, -0.2) is 0 Å². The van der Waals surface area contributed by atoms with Crippen molar-refractivity contribution in [2.45, 2.75) is 6.54 Å². The Morgan fingerprint density at radius 3 is 2.50 bits per heavy atom. The predicted molar refractivity (Wildman–Crippen MR) is 84.0 cm³/mol. The number of nitrogens with zero attached hydrogens (tertiary/aromatic N) is 2. The Hall–Kier alpha value is -1.99. The summed E-state index contributed by atoms with van der Waals surface area (Å²) in [6.07, 6.45) is 0. The number of nitriles is 1. The number of benzene rings is 2. The number of hydrogen-bond donors (Lipinski definition) is 0. The fourth-order valence-electron chi connectivity index (χ4n) is 2.03. The number of anilines is 1. The largest absolute Gasteiger partial charge is 0.497 e. The Balaban J connectivity index is 2.21. The molecule has 102 valence electrons. The van der Waals surface area contributed by atoms with Crippen LogP contribution in [0.25, 0.3) is 0 Å². The second-order valence-corrected chi connectivity index (χ2v) is 5.30. The van der Waals surface area contributed by atoms with E-state index < -0.39 is 0 Å². The average molecular weight is 331 g/mol. The zero-order valence-corrected chi connectivity index (χ0v) is 13.0. The molecule has 0 spiro atoms. The van der Waals surface area contributed by atoms with Gasteiger partial charge in [-0.05, 0) is 45.8 Å². The molecular formula is C16H15BrN2O. The molecule has 2 aromatic carbocycles. The molecule has 0 heterocycles. The molecule has 0 aliphatic carbocycles. The van der Waals surface area contributed by atoms with Crippen molar-refractivity contribution in [3.8, 4) is 11.8 Å². The van der Waals surface area contributed by atoms with E-state index in [-0.39, 0.29) is 0 Å². The third kappa shape index (κ3) is 3.12. The number of hydrogen-bond acceptors (Lipinski definition) is 3. The van der Waals surface area contributed by atoms with Crippen molar-refractivity contribution in [2.75, 3.05) is 19.1 Å². The van der Waals surface area contributed by atoms with E-state index in [9.17, 15) is 5.26 Å². The zero-order valence-electron chi connectivity index (χ0n) is 11.4. The first-order valence-corrected chi connectivity index (χ1v) is 6.97. The lowest BCUT2D eigenvalue weighted by Gasteiger charge is -2.21. The highest BCUT2D eigenvalue weighted by Crippen LogP contribution is 2.27. The van der Waals surface area contributed by atoms with E-state index in [0.717, 1.165) is 28.0 Å². The molecule has 0 radical (unpaired) electrons. The van der Waals surface area contributed by atoms with E-state index in [1.54, 1.807) is 7.11 Å². The van der Waals surface area contributed by atoms with Gasteiger partial charge in [-0.2, -0.15) is 5.26 Å². The van der Waals surface area contributed by atoms with Gasteiger partial charge in [0, 0.05) is 18.1 Å². The lowest BCUT2D eigenvalue weighted by molar-refractivity contribution is 0.414. The minimum atomic E-state index is 0.656. The Bertz CT molecular complexity index is 632. The predicted octanol–water partition coefficient (Wildman–Crippen LogP) is 3.97. The smallest absolute Gasteiger partial charge is 0.118 e. The lowest BCUT2D eigenvalue weighted by atomic mass is 10.1. The summed E-state index contributed by atoms with van der Waals surface area (Å²) in [5.41, 5.74) is 2.73. The van der Waals surface area contributed by atoms with Crippen LogP contribution in [0, 0.1) is 11.3 Å². The second kappa shape index (κ2) is 6.44. The number of rotatable bonds is 4. The quantitative estimate of drug-likeness (QED) is 0.851. The van der Waals surface area contributed by atoms with E-state index in [1.165, 1.54) is 0 Å². The molecular weight excluding hydrogens is 316 g/mol. The van der Waals surface area contributed by atoms with Gasteiger partial charge >= 0.3 is 0 Å². The van der Waals surface area contributed by atoms with Crippen molar-refractivity contribution in [2.24, 2.45) is 0 Å². The number of halogens is 1. The van der Waals surface area contributed by atoms with Crippen molar-refractivity contribution >= 4 is 21.6 Å². The topological polar surface area (TPSA) is 36.3 Å². The molecule has 0 N–H and O–H groups in total. The maximum absolute atomic E-state index is 9.26. The molecule has 0 saturated carbocycles. The van der Waals surface area contributed by atoms with Crippen molar-refractivity contribution in [3.63, 3.8) is 0 Å². The van der Waals surface area contributed by atoms with Crippen molar-refractivity contribution in [1.82, 2.24) is 0 Å². The van der Waals surface area contributed by atoms with E-state index in [1.807, 2.05) is 49.5 Å². The average Bonchev–Trinajstić information content (AvgIpc) is 2.47. The van der Waals surface area contributed by atoms with Crippen LogP contribution >= 0.6 is 15.9 Å². The monoisotopic (exact) mass is 330 g/mol. The van der Waals surface area contributed by atoms with Crippen molar-refractivity contribution < 1.29 is 4.74 Å². The first kappa shape index (κ1) is 14.4. The summed E-state index contributed by atoms with van der Waals surface area (Å²) in [4.78, 5) is 2.06. The highest BCUT2D eigenvalue weighted by atomic mass is 79.9. The van der Waals surface area contributed by atoms with Crippen LogP contribution < -0.4 is 9.64 Å². The normalized spacial score (nSPS) is 9.90. The minimum Gasteiger partial charge on any atom is -0.497 e. The summed E-state index contributed by atoms with van der Waals surface area (Å²) in [6, 6.07) is 15.9. The van der Waals surface area contributed by atoms with Crippen LogP contribution in [0.3, 0.4) is 0 Å². The van der Waals surface area contributed by atoms with Crippen molar-refractivity contribution in [3.05, 3.63) is 58.1 Å². The first-order chi connectivity index (χ1) is 9.65. The van der Waals surface area contributed by atoms with Gasteiger partial charge in [-0.1, -0.05) is 18.2 Å². The Morgan fingerprint density at radius 1 is 1.20 bits per heavy atom. The molecule has 0 aromatic heterocycles. The van der Waals surface area contributed by atoms with Gasteiger partial charge in [-0.15, -0.1) is 0 Å². The van der Waals surface area contributed by atoms with Gasteiger partial charge in [0.2, 0.25) is 0 Å². The first-order valence-electron chi connectivity index (χ1n) is 6.18. The molecule has 0 atom stereocenters. The molecule has 0 aliphatic heterocycles. The van der Waals surface area contributed by atoms with Crippen LogP contribution in [0.2, 0.25) is 0 Å². The van der Waals surface area contributed by atoms with Crippen molar-refractivity contribution in [1.29, 1.82) is 5.26 Å². The maximum Gasteiger partial charge on any atom is 0.118 e. The van der Waals surface area contributed by atoms with Gasteiger partial charge in [-0.3, -0.25) is 0 Å². The molecule has 2 rings (SSSR count). The van der Waals surface area contributed by atoms with Crippen LogP contribution in [0.4, 0.5) is 5.69 Å². The standard InChI is InChI=1S/C16H15BrN2O/c1-19(11-12-6-8-13(20-2)9-7-12)16-5-3-4-15(17)14(16)10-18/h3-9H,11H2,1-2H3. The summed E-state index contributed by atoms with van der Waals surface area (Å²) in [5.74, 6) is 0.844. The summed E-state index contributed by atoms with van der Waals surface area (Å²) < 4.78 is 5.97. The van der Waals surface area contributed by atoms with Gasteiger partial charge in [0.15, 0.2) is 0 Å². The van der Waals surface area contributed by atoms with Gasteiger partial charge in [0.05, 0.1) is 18.4 Å². The fourth-order valence-corrected chi connectivity index (χ4v) is 2.48. The third-order valence-electron chi connectivity index (χ3n) is 3.09. The molecule has 4 heteroatoms. The Labute approximate surface area is 127 Å².